The van der Waals surface area contributed by atoms with Crippen LogP contribution in [0.15, 0.2) is 29.2 Å². The lowest BCUT2D eigenvalue weighted by molar-refractivity contribution is -0.147. The minimum Gasteiger partial charge on any atom is -0.481 e. The number of carbonyl (C=O) groups is 2. The zero-order valence-electron chi connectivity index (χ0n) is 14.9. The molecular formula is C18H23ClN2O5S. The van der Waals surface area contributed by atoms with Gasteiger partial charge in [-0.05, 0) is 49.9 Å². The van der Waals surface area contributed by atoms with Crippen LogP contribution in [-0.4, -0.2) is 60.8 Å². The average Bonchev–Trinajstić information content (AvgIpc) is 2.68. The van der Waals surface area contributed by atoms with Crippen molar-refractivity contribution in [1.29, 1.82) is 0 Å². The van der Waals surface area contributed by atoms with E-state index in [0.717, 1.165) is 0 Å². The average molecular weight is 415 g/mol. The minimum absolute atomic E-state index is 0.0161. The predicted molar refractivity (Wildman–Crippen MR) is 99.9 cm³/mol. The molecule has 0 unspecified atom stereocenters. The number of piperidine rings is 2. The largest absolute Gasteiger partial charge is 0.481 e. The molecule has 2 aliphatic rings. The van der Waals surface area contributed by atoms with Crippen molar-refractivity contribution in [2.45, 2.75) is 30.6 Å². The van der Waals surface area contributed by atoms with Gasteiger partial charge >= 0.3 is 5.97 Å². The van der Waals surface area contributed by atoms with Gasteiger partial charge in [0.25, 0.3) is 0 Å². The number of carboxylic acids is 1. The monoisotopic (exact) mass is 414 g/mol. The molecule has 2 saturated heterocycles. The molecule has 0 atom stereocenters. The SMILES string of the molecule is O=C(O)C1CCN(C(=O)C2CCN(S(=O)(=O)c3ccc(Cl)cc3)CC2)CC1. The Bertz CT molecular complexity index is 796. The van der Waals surface area contributed by atoms with Gasteiger partial charge in [0.05, 0.1) is 10.8 Å². The number of sulfonamides is 1. The van der Waals surface area contributed by atoms with Gasteiger partial charge in [0.1, 0.15) is 0 Å². The van der Waals surface area contributed by atoms with Crippen LogP contribution >= 0.6 is 11.6 Å². The van der Waals surface area contributed by atoms with E-state index in [-0.39, 0.29) is 22.6 Å². The van der Waals surface area contributed by atoms with E-state index in [1.165, 1.54) is 16.4 Å². The number of hydrogen-bond donors (Lipinski definition) is 1. The topological polar surface area (TPSA) is 95.0 Å². The van der Waals surface area contributed by atoms with Crippen molar-refractivity contribution in [2.24, 2.45) is 11.8 Å². The van der Waals surface area contributed by atoms with Gasteiger partial charge in [0, 0.05) is 37.1 Å². The Morgan fingerprint density at radius 2 is 1.44 bits per heavy atom. The van der Waals surface area contributed by atoms with Crippen LogP contribution in [0.5, 0.6) is 0 Å². The number of amides is 1. The zero-order chi connectivity index (χ0) is 19.6. The number of halogens is 1. The van der Waals surface area contributed by atoms with Crippen LogP contribution in [-0.2, 0) is 19.6 Å². The summed E-state index contributed by atoms with van der Waals surface area (Å²) in [5.74, 6) is -1.37. The number of benzene rings is 1. The fourth-order valence-electron chi connectivity index (χ4n) is 3.70. The normalized spacial score (nSPS) is 20.6. The van der Waals surface area contributed by atoms with Gasteiger partial charge in [-0.1, -0.05) is 11.6 Å². The third kappa shape index (κ3) is 4.44. The van der Waals surface area contributed by atoms with Gasteiger partial charge in [-0.3, -0.25) is 9.59 Å². The molecule has 1 aromatic carbocycles. The number of aliphatic carboxylic acids is 1. The maximum Gasteiger partial charge on any atom is 0.306 e. The molecule has 148 valence electrons. The minimum atomic E-state index is -3.59. The number of hydrogen-bond acceptors (Lipinski definition) is 4. The number of nitrogens with zero attached hydrogens (tertiary/aromatic N) is 2. The first-order valence-corrected chi connectivity index (χ1v) is 10.9. The van der Waals surface area contributed by atoms with Crippen molar-refractivity contribution in [2.75, 3.05) is 26.2 Å². The van der Waals surface area contributed by atoms with E-state index in [1.54, 1.807) is 17.0 Å². The number of carbonyl (C=O) groups excluding carboxylic acids is 1. The van der Waals surface area contributed by atoms with Crippen LogP contribution in [0.3, 0.4) is 0 Å². The highest BCUT2D eigenvalue weighted by Crippen LogP contribution is 2.27. The Labute approximate surface area is 164 Å². The molecule has 0 spiro atoms. The first-order chi connectivity index (χ1) is 12.8. The van der Waals surface area contributed by atoms with Crippen LogP contribution in [0.1, 0.15) is 25.7 Å². The molecule has 9 heteroatoms. The molecule has 1 aromatic rings. The van der Waals surface area contributed by atoms with Crippen LogP contribution < -0.4 is 0 Å². The lowest BCUT2D eigenvalue weighted by Gasteiger charge is -2.36. The van der Waals surface area contributed by atoms with Gasteiger partial charge in [-0.2, -0.15) is 4.31 Å². The molecule has 2 aliphatic heterocycles. The molecule has 3 rings (SSSR count). The second kappa shape index (κ2) is 8.16. The highest BCUT2D eigenvalue weighted by molar-refractivity contribution is 7.89. The van der Waals surface area contributed by atoms with Crippen LogP contribution in [0.4, 0.5) is 0 Å². The summed E-state index contributed by atoms with van der Waals surface area (Å²) >= 11 is 5.82. The lowest BCUT2D eigenvalue weighted by Crippen LogP contribution is -2.47. The summed E-state index contributed by atoms with van der Waals surface area (Å²) in [5.41, 5.74) is 0. The quantitative estimate of drug-likeness (QED) is 0.813. The van der Waals surface area contributed by atoms with Crippen molar-refractivity contribution in [3.8, 4) is 0 Å². The van der Waals surface area contributed by atoms with E-state index >= 15 is 0 Å². The number of carboxylic acid groups (broad SMARTS) is 1. The summed E-state index contributed by atoms with van der Waals surface area (Å²) in [5, 5.41) is 9.53. The predicted octanol–water partition coefficient (Wildman–Crippen LogP) is 2.06. The summed E-state index contributed by atoms with van der Waals surface area (Å²) in [7, 11) is -3.59. The summed E-state index contributed by atoms with van der Waals surface area (Å²) < 4.78 is 26.8. The molecule has 0 bridgehead atoms. The molecule has 0 aliphatic carbocycles. The molecule has 27 heavy (non-hydrogen) atoms. The Balaban J connectivity index is 1.56. The van der Waals surface area contributed by atoms with Gasteiger partial charge in [-0.15, -0.1) is 0 Å². The Morgan fingerprint density at radius 3 is 1.96 bits per heavy atom. The maximum absolute atomic E-state index is 12.7. The summed E-state index contributed by atoms with van der Waals surface area (Å²) in [6, 6.07) is 6.07. The van der Waals surface area contributed by atoms with Crippen molar-refractivity contribution in [1.82, 2.24) is 9.21 Å². The van der Waals surface area contributed by atoms with Gasteiger partial charge in [0.2, 0.25) is 15.9 Å². The highest BCUT2D eigenvalue weighted by atomic mass is 35.5. The van der Waals surface area contributed by atoms with Crippen LogP contribution in [0, 0.1) is 11.8 Å². The fraction of sp³-hybridized carbons (Fsp3) is 0.556. The zero-order valence-corrected chi connectivity index (χ0v) is 16.5. The molecule has 1 N–H and O–H groups in total. The third-order valence-electron chi connectivity index (χ3n) is 5.41. The highest BCUT2D eigenvalue weighted by Gasteiger charge is 2.35. The van der Waals surface area contributed by atoms with E-state index in [4.69, 9.17) is 16.7 Å². The Morgan fingerprint density at radius 1 is 0.926 bits per heavy atom. The molecule has 0 radical (unpaired) electrons. The molecule has 0 saturated carbocycles. The second-order valence-electron chi connectivity index (χ2n) is 7.07. The van der Waals surface area contributed by atoms with Crippen molar-refractivity contribution in [3.05, 3.63) is 29.3 Å². The third-order valence-corrected chi connectivity index (χ3v) is 7.58. The Kier molecular flexibility index (Phi) is 6.08. The molecule has 1 amide bonds. The second-order valence-corrected chi connectivity index (χ2v) is 9.44. The van der Waals surface area contributed by atoms with E-state index in [2.05, 4.69) is 0 Å². The number of likely N-dealkylation sites (tertiary alicyclic amines) is 1. The van der Waals surface area contributed by atoms with E-state index < -0.39 is 16.0 Å². The first-order valence-electron chi connectivity index (χ1n) is 9.06. The molecule has 2 heterocycles. The van der Waals surface area contributed by atoms with E-state index in [1.807, 2.05) is 0 Å². The summed E-state index contributed by atoms with van der Waals surface area (Å²) in [6.45, 7) is 1.51. The van der Waals surface area contributed by atoms with Crippen molar-refractivity contribution >= 4 is 33.5 Å². The maximum atomic E-state index is 12.7. The molecule has 2 fully saturated rings. The summed E-state index contributed by atoms with van der Waals surface area (Å²) in [6.07, 6.45) is 1.91. The van der Waals surface area contributed by atoms with Crippen LogP contribution in [0.25, 0.3) is 0 Å². The van der Waals surface area contributed by atoms with Crippen molar-refractivity contribution < 1.29 is 23.1 Å². The first kappa shape index (κ1) is 20.1. The molecular weight excluding hydrogens is 392 g/mol. The van der Waals surface area contributed by atoms with Gasteiger partial charge in [0.15, 0.2) is 0 Å². The summed E-state index contributed by atoms with van der Waals surface area (Å²) in [4.78, 5) is 25.6. The van der Waals surface area contributed by atoms with Gasteiger partial charge < -0.3 is 10.0 Å². The molecule has 0 aromatic heterocycles. The lowest BCUT2D eigenvalue weighted by atomic mass is 9.93. The van der Waals surface area contributed by atoms with Crippen LogP contribution in [0.2, 0.25) is 5.02 Å². The molecule has 7 nitrogen and oxygen atoms in total. The smallest absolute Gasteiger partial charge is 0.306 e. The standard InChI is InChI=1S/C18H23ClN2O5S/c19-15-1-3-16(4-2-15)27(25,26)21-11-7-13(8-12-21)17(22)20-9-5-14(6-10-20)18(23)24/h1-4,13-14H,5-12H2,(H,23,24). The number of rotatable bonds is 4. The van der Waals surface area contributed by atoms with E-state index in [0.29, 0.717) is 56.9 Å². The van der Waals surface area contributed by atoms with E-state index in [9.17, 15) is 18.0 Å². The van der Waals surface area contributed by atoms with Gasteiger partial charge in [-0.25, -0.2) is 8.42 Å². The Hall–Kier alpha value is -1.64. The fourth-order valence-corrected chi connectivity index (χ4v) is 5.30. The van der Waals surface area contributed by atoms with Crippen molar-refractivity contribution in [3.63, 3.8) is 0 Å².